The third-order valence-corrected chi connectivity index (χ3v) is 5.90. The van der Waals surface area contributed by atoms with Crippen molar-refractivity contribution >= 4 is 34.9 Å². The number of piperazine rings is 1. The maximum atomic E-state index is 5.95. The van der Waals surface area contributed by atoms with Crippen LogP contribution in [0.3, 0.4) is 0 Å². The van der Waals surface area contributed by atoms with Crippen molar-refractivity contribution in [3.8, 4) is 0 Å². The molecule has 1 aromatic heterocycles. The van der Waals surface area contributed by atoms with E-state index >= 15 is 0 Å². The molecule has 0 saturated carbocycles. The highest BCUT2D eigenvalue weighted by Gasteiger charge is 2.18. The van der Waals surface area contributed by atoms with E-state index in [0.717, 1.165) is 47.8 Å². The molecule has 1 aliphatic rings. The quantitative estimate of drug-likeness (QED) is 0.459. The van der Waals surface area contributed by atoms with E-state index in [4.69, 9.17) is 11.6 Å². The molecular weight excluding hydrogens is 376 g/mol. The summed E-state index contributed by atoms with van der Waals surface area (Å²) in [5.41, 5.74) is 2.53. The minimum atomic E-state index is 0.766. The molecule has 0 atom stereocenters. The lowest BCUT2D eigenvalue weighted by Gasteiger charge is -2.36. The summed E-state index contributed by atoms with van der Waals surface area (Å²) in [4.78, 5) is 13.7. The van der Waals surface area contributed by atoms with Gasteiger partial charge >= 0.3 is 0 Å². The van der Waals surface area contributed by atoms with Crippen molar-refractivity contribution in [2.24, 2.45) is 0 Å². The molecule has 0 unspecified atom stereocenters. The lowest BCUT2D eigenvalue weighted by atomic mass is 10.2. The molecule has 0 amide bonds. The van der Waals surface area contributed by atoms with E-state index in [-0.39, 0.29) is 0 Å². The number of rotatable bonds is 5. The van der Waals surface area contributed by atoms with E-state index in [1.54, 1.807) is 18.1 Å². The first-order chi connectivity index (χ1) is 13.3. The average molecular weight is 397 g/mol. The van der Waals surface area contributed by atoms with Crippen LogP contribution >= 0.6 is 23.4 Å². The van der Waals surface area contributed by atoms with Gasteiger partial charge in [0.05, 0.1) is 0 Å². The van der Waals surface area contributed by atoms with E-state index in [1.165, 1.54) is 11.3 Å². The van der Waals surface area contributed by atoms with Crippen LogP contribution in [0.25, 0.3) is 0 Å². The summed E-state index contributed by atoms with van der Waals surface area (Å²) in [6.45, 7) is 3.93. The number of nitrogens with zero attached hydrogens (tertiary/aromatic N) is 4. The summed E-state index contributed by atoms with van der Waals surface area (Å²) in [5, 5.41) is 1.77. The first-order valence-corrected chi connectivity index (χ1v) is 10.4. The molecule has 0 bridgehead atoms. The summed E-state index contributed by atoms with van der Waals surface area (Å²) < 4.78 is 0. The zero-order valence-corrected chi connectivity index (χ0v) is 16.5. The molecule has 138 valence electrons. The average Bonchev–Trinajstić information content (AvgIpc) is 2.74. The summed E-state index contributed by atoms with van der Waals surface area (Å²) in [6.07, 6.45) is 1.67. The predicted molar refractivity (Wildman–Crippen MR) is 114 cm³/mol. The zero-order valence-electron chi connectivity index (χ0n) is 15.0. The SMILES string of the molecule is Clc1ccc(CSc2cc(N3CCN(c4ccccc4)CC3)ncn2)cc1. The van der Waals surface area contributed by atoms with Gasteiger partial charge in [0, 0.05) is 48.7 Å². The molecule has 2 heterocycles. The van der Waals surface area contributed by atoms with Crippen molar-refractivity contribution in [2.45, 2.75) is 10.8 Å². The van der Waals surface area contributed by atoms with Crippen LogP contribution in [0.1, 0.15) is 5.56 Å². The van der Waals surface area contributed by atoms with Crippen molar-refractivity contribution in [3.63, 3.8) is 0 Å². The highest BCUT2D eigenvalue weighted by atomic mass is 35.5. The molecule has 4 rings (SSSR count). The molecule has 1 aliphatic heterocycles. The van der Waals surface area contributed by atoms with Crippen LogP contribution in [0.5, 0.6) is 0 Å². The molecule has 4 nitrogen and oxygen atoms in total. The van der Waals surface area contributed by atoms with Gasteiger partial charge in [-0.05, 0) is 29.8 Å². The smallest absolute Gasteiger partial charge is 0.133 e. The Bertz CT molecular complexity index is 865. The Morgan fingerprint density at radius 2 is 1.56 bits per heavy atom. The second kappa shape index (κ2) is 8.63. The van der Waals surface area contributed by atoms with Crippen LogP contribution in [0.2, 0.25) is 5.02 Å². The summed E-state index contributed by atoms with van der Waals surface area (Å²) >= 11 is 7.67. The third kappa shape index (κ3) is 4.73. The summed E-state index contributed by atoms with van der Waals surface area (Å²) in [6, 6.07) is 20.7. The first-order valence-electron chi connectivity index (χ1n) is 9.02. The number of para-hydroxylation sites is 1. The van der Waals surface area contributed by atoms with E-state index in [1.807, 2.05) is 12.1 Å². The maximum absolute atomic E-state index is 5.95. The van der Waals surface area contributed by atoms with Gasteiger partial charge in [-0.2, -0.15) is 0 Å². The minimum Gasteiger partial charge on any atom is -0.368 e. The normalized spacial score (nSPS) is 14.4. The second-order valence-corrected chi connectivity index (χ2v) is 7.87. The van der Waals surface area contributed by atoms with Gasteiger partial charge in [0.2, 0.25) is 0 Å². The molecule has 6 heteroatoms. The Hall–Kier alpha value is -2.24. The highest BCUT2D eigenvalue weighted by molar-refractivity contribution is 7.98. The Balaban J connectivity index is 1.36. The topological polar surface area (TPSA) is 32.3 Å². The van der Waals surface area contributed by atoms with Gasteiger partial charge in [0.25, 0.3) is 0 Å². The molecule has 0 spiro atoms. The van der Waals surface area contributed by atoms with E-state index < -0.39 is 0 Å². The van der Waals surface area contributed by atoms with Gasteiger partial charge in [0.1, 0.15) is 17.2 Å². The molecule has 2 aromatic carbocycles. The van der Waals surface area contributed by atoms with Crippen molar-refractivity contribution in [3.05, 3.63) is 77.6 Å². The van der Waals surface area contributed by atoms with Gasteiger partial charge < -0.3 is 9.80 Å². The predicted octanol–water partition coefficient (Wildman–Crippen LogP) is 4.75. The van der Waals surface area contributed by atoms with E-state index in [9.17, 15) is 0 Å². The molecule has 27 heavy (non-hydrogen) atoms. The number of halogens is 1. The Labute approximate surface area is 169 Å². The lowest BCUT2D eigenvalue weighted by molar-refractivity contribution is 0.645. The van der Waals surface area contributed by atoms with Crippen molar-refractivity contribution < 1.29 is 0 Å². The van der Waals surface area contributed by atoms with Gasteiger partial charge in [-0.15, -0.1) is 11.8 Å². The molecule has 0 radical (unpaired) electrons. The Morgan fingerprint density at radius 1 is 0.852 bits per heavy atom. The number of anilines is 2. The van der Waals surface area contributed by atoms with Crippen LogP contribution in [0.15, 0.2) is 72.0 Å². The van der Waals surface area contributed by atoms with Gasteiger partial charge in [-0.3, -0.25) is 0 Å². The summed E-state index contributed by atoms with van der Waals surface area (Å²) in [7, 11) is 0. The lowest BCUT2D eigenvalue weighted by Crippen LogP contribution is -2.46. The Kier molecular flexibility index (Phi) is 5.80. The van der Waals surface area contributed by atoms with Crippen molar-refractivity contribution in [1.29, 1.82) is 0 Å². The molecule has 0 aliphatic carbocycles. The summed E-state index contributed by atoms with van der Waals surface area (Å²) in [5.74, 6) is 1.88. The van der Waals surface area contributed by atoms with Crippen LogP contribution in [-0.4, -0.2) is 36.1 Å². The van der Waals surface area contributed by atoms with Gasteiger partial charge in [-0.25, -0.2) is 9.97 Å². The first kappa shape index (κ1) is 18.1. The number of hydrogen-bond acceptors (Lipinski definition) is 5. The number of hydrogen-bond donors (Lipinski definition) is 0. The van der Waals surface area contributed by atoms with E-state index in [2.05, 4.69) is 68.3 Å². The molecule has 0 N–H and O–H groups in total. The molecule has 1 saturated heterocycles. The fourth-order valence-electron chi connectivity index (χ4n) is 3.15. The van der Waals surface area contributed by atoms with Gasteiger partial charge in [0.15, 0.2) is 0 Å². The number of thioether (sulfide) groups is 1. The number of aromatic nitrogens is 2. The monoisotopic (exact) mass is 396 g/mol. The molecule has 1 fully saturated rings. The van der Waals surface area contributed by atoms with Crippen molar-refractivity contribution in [1.82, 2.24) is 9.97 Å². The Morgan fingerprint density at radius 3 is 2.30 bits per heavy atom. The maximum Gasteiger partial charge on any atom is 0.133 e. The number of benzene rings is 2. The van der Waals surface area contributed by atoms with Crippen LogP contribution < -0.4 is 9.80 Å². The van der Waals surface area contributed by atoms with Crippen LogP contribution in [0, 0.1) is 0 Å². The zero-order chi connectivity index (χ0) is 18.5. The highest BCUT2D eigenvalue weighted by Crippen LogP contribution is 2.25. The third-order valence-electron chi connectivity index (χ3n) is 4.65. The van der Waals surface area contributed by atoms with Crippen LogP contribution in [-0.2, 0) is 5.75 Å². The largest absolute Gasteiger partial charge is 0.368 e. The second-order valence-electron chi connectivity index (χ2n) is 6.44. The fourth-order valence-corrected chi connectivity index (χ4v) is 4.10. The van der Waals surface area contributed by atoms with Crippen molar-refractivity contribution in [2.75, 3.05) is 36.0 Å². The molecule has 3 aromatic rings. The van der Waals surface area contributed by atoms with E-state index in [0.29, 0.717) is 0 Å². The van der Waals surface area contributed by atoms with Gasteiger partial charge in [-0.1, -0.05) is 41.9 Å². The standard InChI is InChI=1S/C21H21ClN4S/c22-18-8-6-17(7-9-18)15-27-21-14-20(23-16-24-21)26-12-10-25(11-13-26)19-4-2-1-3-5-19/h1-9,14,16H,10-13,15H2. The van der Waals surface area contributed by atoms with Crippen LogP contribution in [0.4, 0.5) is 11.5 Å². The minimum absolute atomic E-state index is 0.766. The molecular formula is C21H21ClN4S. The fraction of sp³-hybridized carbons (Fsp3) is 0.238.